The van der Waals surface area contributed by atoms with Gasteiger partial charge in [0.15, 0.2) is 0 Å². The zero-order valence-corrected chi connectivity index (χ0v) is 17.7. The van der Waals surface area contributed by atoms with Gasteiger partial charge >= 0.3 is 6.16 Å². The normalized spacial score (nSPS) is 27.5. The molecule has 5 heteroatoms. The molecule has 1 aromatic rings. The standard InChI is InChI=1S/C24H35NO4/c1-2-3-4-7-14-27-23(26)29-17-28-19-10-9-18-15-22-20-8-5-6-11-24(20,12-13-25-22)21(18)16-19/h9-10,16,20,22,25H,2-8,11-15,17H2,1H3/t20-,22-,24+/m1/s1. The number of hydrogen-bond acceptors (Lipinski definition) is 5. The van der Waals surface area contributed by atoms with Crippen molar-refractivity contribution in [2.24, 2.45) is 5.92 Å². The molecule has 0 aromatic heterocycles. The van der Waals surface area contributed by atoms with Gasteiger partial charge in [0.05, 0.1) is 6.61 Å². The molecule has 1 saturated carbocycles. The molecule has 0 spiro atoms. The number of carbonyl (C=O) groups excluding carboxylic acids is 1. The van der Waals surface area contributed by atoms with Gasteiger partial charge in [-0.1, -0.05) is 45.1 Å². The molecule has 5 nitrogen and oxygen atoms in total. The first-order chi connectivity index (χ1) is 14.2. The third kappa shape index (κ3) is 4.40. The first kappa shape index (κ1) is 20.5. The highest BCUT2D eigenvalue weighted by molar-refractivity contribution is 5.59. The van der Waals surface area contributed by atoms with Crippen molar-refractivity contribution in [2.45, 2.75) is 82.6 Å². The molecule has 29 heavy (non-hydrogen) atoms. The number of unbranched alkanes of at least 4 members (excludes halogenated alkanes) is 3. The van der Waals surface area contributed by atoms with Crippen molar-refractivity contribution in [1.29, 1.82) is 0 Å². The fourth-order valence-corrected chi connectivity index (χ4v) is 5.86. The maximum Gasteiger partial charge on any atom is 0.511 e. The molecular weight excluding hydrogens is 366 g/mol. The predicted molar refractivity (Wildman–Crippen MR) is 112 cm³/mol. The third-order valence-corrected chi connectivity index (χ3v) is 7.24. The SMILES string of the molecule is CCCCCCOC(=O)OCOc1ccc2c(c1)[C@]13CCCC[C@@H]1[C@@H](C2)NCC3. The lowest BCUT2D eigenvalue weighted by molar-refractivity contribution is 0.00382. The van der Waals surface area contributed by atoms with Gasteiger partial charge in [-0.25, -0.2) is 4.79 Å². The molecule has 1 N–H and O–H groups in total. The highest BCUT2D eigenvalue weighted by Gasteiger charge is 2.51. The van der Waals surface area contributed by atoms with Gasteiger partial charge in [0.2, 0.25) is 6.79 Å². The van der Waals surface area contributed by atoms with E-state index in [2.05, 4.69) is 24.4 Å². The summed E-state index contributed by atoms with van der Waals surface area (Å²) in [5.41, 5.74) is 3.25. The van der Waals surface area contributed by atoms with Gasteiger partial charge in [-0.15, -0.1) is 0 Å². The van der Waals surface area contributed by atoms with Gasteiger partial charge in [-0.3, -0.25) is 0 Å². The van der Waals surface area contributed by atoms with Crippen molar-refractivity contribution in [2.75, 3.05) is 19.9 Å². The maximum atomic E-state index is 11.7. The fourth-order valence-electron chi connectivity index (χ4n) is 5.86. The molecule has 1 heterocycles. The van der Waals surface area contributed by atoms with Crippen LogP contribution < -0.4 is 10.1 Å². The zero-order valence-electron chi connectivity index (χ0n) is 17.7. The molecule has 1 aromatic carbocycles. The second-order valence-electron chi connectivity index (χ2n) is 8.91. The molecule has 3 atom stereocenters. The molecular formula is C24H35NO4. The van der Waals surface area contributed by atoms with Crippen molar-refractivity contribution in [3.63, 3.8) is 0 Å². The highest BCUT2D eigenvalue weighted by Crippen LogP contribution is 2.54. The van der Waals surface area contributed by atoms with E-state index < -0.39 is 6.16 Å². The number of nitrogens with one attached hydrogen (secondary N) is 1. The smallest absolute Gasteiger partial charge is 0.457 e. The molecule has 1 aliphatic heterocycles. The Hall–Kier alpha value is -1.75. The second kappa shape index (κ2) is 9.38. The molecule has 2 bridgehead atoms. The quantitative estimate of drug-likeness (QED) is 0.373. The number of benzene rings is 1. The lowest BCUT2D eigenvalue weighted by Crippen LogP contribution is -2.59. The number of carbonyl (C=O) groups is 1. The van der Waals surface area contributed by atoms with Crippen LogP contribution in [0.2, 0.25) is 0 Å². The number of fused-ring (bicyclic) bond motifs is 1. The van der Waals surface area contributed by atoms with Gasteiger partial charge in [0.1, 0.15) is 5.75 Å². The molecule has 1 saturated heterocycles. The molecule has 2 fully saturated rings. The first-order valence-corrected chi connectivity index (χ1v) is 11.5. The van der Waals surface area contributed by atoms with Crippen molar-refractivity contribution >= 4 is 6.16 Å². The Morgan fingerprint density at radius 2 is 2.10 bits per heavy atom. The van der Waals surface area contributed by atoms with Crippen LogP contribution in [0.25, 0.3) is 0 Å². The summed E-state index contributed by atoms with van der Waals surface area (Å²) < 4.78 is 15.9. The third-order valence-electron chi connectivity index (χ3n) is 7.24. The lowest BCUT2D eigenvalue weighted by Gasteiger charge is -2.56. The average molecular weight is 402 g/mol. The first-order valence-electron chi connectivity index (χ1n) is 11.5. The molecule has 0 amide bonds. The molecule has 2 aliphatic carbocycles. The number of hydrogen-bond donors (Lipinski definition) is 1. The fraction of sp³-hybridized carbons (Fsp3) is 0.708. The van der Waals surface area contributed by atoms with Crippen LogP contribution in [0, 0.1) is 5.92 Å². The van der Waals surface area contributed by atoms with E-state index in [0.717, 1.165) is 43.9 Å². The number of rotatable bonds is 8. The zero-order chi connectivity index (χ0) is 20.1. The van der Waals surface area contributed by atoms with Crippen LogP contribution >= 0.6 is 0 Å². The van der Waals surface area contributed by atoms with E-state index in [0.29, 0.717) is 18.1 Å². The van der Waals surface area contributed by atoms with E-state index in [1.807, 2.05) is 6.07 Å². The van der Waals surface area contributed by atoms with Gasteiger partial charge in [0.25, 0.3) is 0 Å². The molecule has 0 unspecified atom stereocenters. The maximum absolute atomic E-state index is 11.7. The van der Waals surface area contributed by atoms with E-state index in [4.69, 9.17) is 14.2 Å². The molecule has 4 rings (SSSR count). The van der Waals surface area contributed by atoms with Crippen LogP contribution in [-0.4, -0.2) is 32.1 Å². The summed E-state index contributed by atoms with van der Waals surface area (Å²) in [7, 11) is 0. The van der Waals surface area contributed by atoms with E-state index in [-0.39, 0.29) is 6.79 Å². The van der Waals surface area contributed by atoms with Crippen LogP contribution in [0.15, 0.2) is 18.2 Å². The largest absolute Gasteiger partial charge is 0.511 e. The highest BCUT2D eigenvalue weighted by atomic mass is 16.8. The summed E-state index contributed by atoms with van der Waals surface area (Å²) in [5.74, 6) is 1.53. The Balaban J connectivity index is 1.34. The van der Waals surface area contributed by atoms with E-state index >= 15 is 0 Å². The van der Waals surface area contributed by atoms with Crippen LogP contribution in [0.4, 0.5) is 4.79 Å². The van der Waals surface area contributed by atoms with Gasteiger partial charge in [-0.2, -0.15) is 0 Å². The van der Waals surface area contributed by atoms with Crippen LogP contribution in [0.3, 0.4) is 0 Å². The lowest BCUT2D eigenvalue weighted by atomic mass is 9.53. The monoisotopic (exact) mass is 401 g/mol. The van der Waals surface area contributed by atoms with Gasteiger partial charge < -0.3 is 19.5 Å². The van der Waals surface area contributed by atoms with Crippen LogP contribution in [0.5, 0.6) is 5.75 Å². The van der Waals surface area contributed by atoms with Gasteiger partial charge in [-0.05, 0) is 67.8 Å². The average Bonchev–Trinajstić information content (AvgIpc) is 2.74. The summed E-state index contributed by atoms with van der Waals surface area (Å²) in [6, 6.07) is 7.06. The summed E-state index contributed by atoms with van der Waals surface area (Å²) in [4.78, 5) is 11.7. The number of ether oxygens (including phenoxy) is 3. The summed E-state index contributed by atoms with van der Waals surface area (Å²) in [6.45, 7) is 3.58. The molecule has 3 aliphatic rings. The second-order valence-corrected chi connectivity index (χ2v) is 8.91. The van der Waals surface area contributed by atoms with Crippen molar-refractivity contribution in [1.82, 2.24) is 5.32 Å². The van der Waals surface area contributed by atoms with Crippen LogP contribution in [0.1, 0.15) is 75.8 Å². The van der Waals surface area contributed by atoms with Crippen molar-refractivity contribution in [3.8, 4) is 5.75 Å². The van der Waals surface area contributed by atoms with Gasteiger partial charge in [0, 0.05) is 11.5 Å². The Kier molecular flexibility index (Phi) is 6.63. The summed E-state index contributed by atoms with van der Waals surface area (Å²) >= 11 is 0. The van der Waals surface area contributed by atoms with Crippen LogP contribution in [-0.2, 0) is 21.3 Å². The summed E-state index contributed by atoms with van der Waals surface area (Å²) in [6.07, 6.45) is 11.3. The Labute approximate surface area is 174 Å². The predicted octanol–water partition coefficient (Wildman–Crippen LogP) is 5.10. The van der Waals surface area contributed by atoms with E-state index in [1.54, 1.807) is 0 Å². The minimum Gasteiger partial charge on any atom is -0.457 e. The van der Waals surface area contributed by atoms with E-state index in [1.165, 1.54) is 49.7 Å². The number of piperidine rings is 1. The molecule has 160 valence electrons. The Bertz CT molecular complexity index is 702. The topological polar surface area (TPSA) is 56.8 Å². The minimum atomic E-state index is -0.647. The van der Waals surface area contributed by atoms with Crippen molar-refractivity contribution < 1.29 is 19.0 Å². The Morgan fingerprint density at radius 1 is 1.17 bits per heavy atom. The van der Waals surface area contributed by atoms with E-state index in [9.17, 15) is 4.79 Å². The van der Waals surface area contributed by atoms with Crippen molar-refractivity contribution in [3.05, 3.63) is 29.3 Å². The Morgan fingerprint density at radius 3 is 3.00 bits per heavy atom. The molecule has 0 radical (unpaired) electrons. The minimum absolute atomic E-state index is 0.104. The summed E-state index contributed by atoms with van der Waals surface area (Å²) in [5, 5.41) is 3.77.